The molecule has 4 N–H and O–H groups in total. The Morgan fingerprint density at radius 3 is 2.13 bits per heavy atom. The molecule has 11 nitrogen and oxygen atoms in total. The number of benzene rings is 3. The molecule has 0 amide bonds. The standard InChI is InChI=1S/C18H14N2O9S2/c1-9(21)12-4-2-3-5-13(12)19-20-17-15(31(27,28)29)7-10-6-11(30(24,25)26)8-14(22)16(10)18(17)23/h2-8,22-23H,1H3,(H,24,25,26)(H,27,28,29). The van der Waals surface area contributed by atoms with Gasteiger partial charge >= 0.3 is 0 Å². The maximum Gasteiger partial charge on any atom is 0.296 e. The van der Waals surface area contributed by atoms with Crippen molar-refractivity contribution in [3.63, 3.8) is 0 Å². The van der Waals surface area contributed by atoms with Crippen molar-refractivity contribution in [2.45, 2.75) is 16.7 Å². The molecule has 13 heteroatoms. The van der Waals surface area contributed by atoms with E-state index in [0.717, 1.165) is 12.1 Å². The summed E-state index contributed by atoms with van der Waals surface area (Å²) in [6, 6.07) is 8.11. The summed E-state index contributed by atoms with van der Waals surface area (Å²) in [5.41, 5.74) is -0.564. The molecule has 0 unspecified atom stereocenters. The zero-order chi connectivity index (χ0) is 23.1. The summed E-state index contributed by atoms with van der Waals surface area (Å²) in [5.74, 6) is -2.11. The first-order valence-corrected chi connectivity index (χ1v) is 11.2. The number of phenolic OH excluding ortho intramolecular Hbond substituents is 2. The van der Waals surface area contributed by atoms with E-state index in [9.17, 15) is 40.9 Å². The molecular weight excluding hydrogens is 452 g/mol. The Kier molecular flexibility index (Phi) is 5.54. The predicted octanol–water partition coefficient (Wildman–Crippen LogP) is 3.36. The van der Waals surface area contributed by atoms with Gasteiger partial charge in [0.25, 0.3) is 20.2 Å². The van der Waals surface area contributed by atoms with Crippen LogP contribution in [0.15, 0.2) is 62.5 Å². The third-order valence-electron chi connectivity index (χ3n) is 4.22. The molecule has 162 valence electrons. The average molecular weight is 466 g/mol. The topological polar surface area (TPSA) is 191 Å². The van der Waals surface area contributed by atoms with Gasteiger partial charge in [-0.15, -0.1) is 10.2 Å². The molecule has 31 heavy (non-hydrogen) atoms. The van der Waals surface area contributed by atoms with Crippen LogP contribution >= 0.6 is 0 Å². The molecule has 3 aromatic carbocycles. The van der Waals surface area contributed by atoms with Gasteiger partial charge in [0, 0.05) is 11.6 Å². The van der Waals surface area contributed by atoms with Gasteiger partial charge < -0.3 is 10.2 Å². The van der Waals surface area contributed by atoms with Crippen LogP contribution in [0.5, 0.6) is 11.5 Å². The van der Waals surface area contributed by atoms with Gasteiger partial charge in [0.05, 0.1) is 16.0 Å². The number of rotatable bonds is 5. The second-order valence-corrected chi connectivity index (χ2v) is 9.15. The van der Waals surface area contributed by atoms with Crippen LogP contribution in [-0.2, 0) is 20.2 Å². The summed E-state index contributed by atoms with van der Waals surface area (Å²) in [4.78, 5) is 9.99. The van der Waals surface area contributed by atoms with Crippen LogP contribution in [0.1, 0.15) is 17.3 Å². The fourth-order valence-electron chi connectivity index (χ4n) is 2.84. The molecule has 3 rings (SSSR count). The van der Waals surface area contributed by atoms with Crippen LogP contribution in [0.25, 0.3) is 10.8 Å². The SMILES string of the molecule is CC(=O)c1ccccc1N=Nc1c(S(=O)(=O)O)cc2cc(S(=O)(=O)O)cc(O)c2c1O. The molecule has 0 spiro atoms. The van der Waals surface area contributed by atoms with Gasteiger partial charge in [-0.2, -0.15) is 16.8 Å². The number of phenols is 2. The normalized spacial score (nSPS) is 12.5. The fraction of sp³-hybridized carbons (Fsp3) is 0.0556. The van der Waals surface area contributed by atoms with E-state index >= 15 is 0 Å². The van der Waals surface area contributed by atoms with E-state index < -0.39 is 52.6 Å². The average Bonchev–Trinajstić information content (AvgIpc) is 2.65. The Balaban J connectivity index is 2.35. The van der Waals surface area contributed by atoms with E-state index in [1.807, 2.05) is 0 Å². The van der Waals surface area contributed by atoms with Crippen molar-refractivity contribution >= 4 is 48.2 Å². The zero-order valence-corrected chi connectivity index (χ0v) is 17.2. The van der Waals surface area contributed by atoms with Crippen molar-refractivity contribution in [3.8, 4) is 11.5 Å². The smallest absolute Gasteiger partial charge is 0.296 e. The second-order valence-electron chi connectivity index (χ2n) is 6.34. The minimum atomic E-state index is -5.01. The predicted molar refractivity (Wildman–Crippen MR) is 108 cm³/mol. The van der Waals surface area contributed by atoms with Gasteiger partial charge in [0.2, 0.25) is 0 Å². The summed E-state index contributed by atoms with van der Waals surface area (Å²) in [7, 11) is -9.79. The number of carbonyl (C=O) groups is 1. The van der Waals surface area contributed by atoms with Crippen LogP contribution in [0.3, 0.4) is 0 Å². The van der Waals surface area contributed by atoms with Gasteiger partial charge in [-0.3, -0.25) is 13.9 Å². The lowest BCUT2D eigenvalue weighted by molar-refractivity contribution is 0.101. The largest absolute Gasteiger partial charge is 0.507 e. The van der Waals surface area contributed by atoms with E-state index in [4.69, 9.17) is 0 Å². The third-order valence-corrected chi connectivity index (χ3v) is 5.92. The van der Waals surface area contributed by atoms with Crippen LogP contribution in [0, 0.1) is 0 Å². The summed E-state index contributed by atoms with van der Waals surface area (Å²) >= 11 is 0. The number of hydrogen-bond acceptors (Lipinski definition) is 9. The first-order chi connectivity index (χ1) is 14.3. The number of hydrogen-bond donors (Lipinski definition) is 4. The molecule has 0 radical (unpaired) electrons. The van der Waals surface area contributed by atoms with Crippen LogP contribution < -0.4 is 0 Å². The molecule has 0 saturated carbocycles. The monoisotopic (exact) mass is 466 g/mol. The van der Waals surface area contributed by atoms with Crippen molar-refractivity contribution in [3.05, 3.63) is 48.0 Å². The second kappa shape index (κ2) is 7.70. The highest BCUT2D eigenvalue weighted by atomic mass is 32.2. The van der Waals surface area contributed by atoms with Gasteiger partial charge in [-0.1, -0.05) is 12.1 Å². The van der Waals surface area contributed by atoms with E-state index in [0.29, 0.717) is 6.07 Å². The maximum absolute atomic E-state index is 11.9. The summed E-state index contributed by atoms with van der Waals surface area (Å²) < 4.78 is 65.2. The van der Waals surface area contributed by atoms with Gasteiger partial charge in [-0.25, -0.2) is 0 Å². The lowest BCUT2D eigenvalue weighted by Gasteiger charge is -2.11. The number of azo groups is 1. The Morgan fingerprint density at radius 1 is 0.903 bits per heavy atom. The molecule has 0 saturated heterocycles. The molecule has 0 atom stereocenters. The Labute approximate surface area is 175 Å². The first-order valence-electron chi connectivity index (χ1n) is 8.30. The third kappa shape index (κ3) is 4.39. The lowest BCUT2D eigenvalue weighted by Crippen LogP contribution is -2.01. The number of fused-ring (bicyclic) bond motifs is 1. The number of nitrogens with zero attached hydrogens (tertiary/aromatic N) is 2. The molecular formula is C18H14N2O9S2. The Morgan fingerprint density at radius 2 is 1.55 bits per heavy atom. The first kappa shape index (κ1) is 22.3. The highest BCUT2D eigenvalue weighted by Gasteiger charge is 2.25. The lowest BCUT2D eigenvalue weighted by atomic mass is 10.1. The number of ketones is 1. The molecule has 0 aliphatic carbocycles. The van der Waals surface area contributed by atoms with Crippen LogP contribution in [-0.4, -0.2) is 41.9 Å². The Hall–Kier alpha value is -3.39. The van der Waals surface area contributed by atoms with Crippen molar-refractivity contribution in [1.29, 1.82) is 0 Å². The molecule has 0 aliphatic rings. The van der Waals surface area contributed by atoms with Crippen LogP contribution in [0.4, 0.5) is 11.4 Å². The van der Waals surface area contributed by atoms with Gasteiger partial charge in [0.1, 0.15) is 16.3 Å². The molecule has 0 heterocycles. The molecule has 0 aliphatic heterocycles. The number of carbonyl (C=O) groups excluding carboxylic acids is 1. The van der Waals surface area contributed by atoms with Crippen molar-refractivity contribution in [2.24, 2.45) is 10.2 Å². The minimum absolute atomic E-state index is 0.0433. The van der Waals surface area contributed by atoms with Crippen molar-refractivity contribution in [2.75, 3.05) is 0 Å². The molecule has 0 fully saturated rings. The van der Waals surface area contributed by atoms with E-state index in [1.165, 1.54) is 25.1 Å². The summed E-state index contributed by atoms with van der Waals surface area (Å²) in [6.07, 6.45) is 0. The number of Topliss-reactive ketones (excluding diaryl/α,β-unsaturated/α-hetero) is 1. The molecule has 0 aromatic heterocycles. The summed E-state index contributed by atoms with van der Waals surface area (Å²) in [5, 5.41) is 27.4. The fourth-order valence-corrected chi connectivity index (χ4v) is 4.04. The molecule has 3 aromatic rings. The van der Waals surface area contributed by atoms with Gasteiger partial charge in [-0.05, 0) is 36.6 Å². The quantitative estimate of drug-likeness (QED) is 0.248. The summed E-state index contributed by atoms with van der Waals surface area (Å²) in [6.45, 7) is 1.27. The zero-order valence-electron chi connectivity index (χ0n) is 15.6. The highest BCUT2D eigenvalue weighted by Crippen LogP contribution is 2.45. The van der Waals surface area contributed by atoms with E-state index in [2.05, 4.69) is 10.2 Å². The van der Waals surface area contributed by atoms with Crippen molar-refractivity contribution in [1.82, 2.24) is 0 Å². The van der Waals surface area contributed by atoms with E-state index in [-0.39, 0.29) is 22.4 Å². The number of aromatic hydroxyl groups is 2. The highest BCUT2D eigenvalue weighted by molar-refractivity contribution is 7.86. The molecule has 0 bridgehead atoms. The minimum Gasteiger partial charge on any atom is -0.507 e. The van der Waals surface area contributed by atoms with Crippen molar-refractivity contribution < 1.29 is 40.9 Å². The van der Waals surface area contributed by atoms with E-state index in [1.54, 1.807) is 6.07 Å². The Bertz CT molecular complexity index is 1480. The van der Waals surface area contributed by atoms with Gasteiger partial charge in [0.15, 0.2) is 11.5 Å². The van der Waals surface area contributed by atoms with Crippen LogP contribution in [0.2, 0.25) is 0 Å². The maximum atomic E-state index is 11.9.